The lowest BCUT2D eigenvalue weighted by atomic mass is 10.0. The lowest BCUT2D eigenvalue weighted by Gasteiger charge is -2.17. The van der Waals surface area contributed by atoms with Crippen LogP contribution in [-0.4, -0.2) is 37.5 Å². The molecule has 126 valence electrons. The van der Waals surface area contributed by atoms with Crippen molar-refractivity contribution in [2.45, 2.75) is 6.42 Å². The number of carbonyl (C=O) groups is 1. The maximum absolute atomic E-state index is 14.5. The average molecular weight is 347 g/mol. The van der Waals surface area contributed by atoms with Crippen LogP contribution in [-0.2, 0) is 0 Å². The van der Waals surface area contributed by atoms with Gasteiger partial charge < -0.3 is 10.2 Å². The standard InChI is InChI=1S/C19H20ClFN2O/c1-22-11-13-8-9-23(12-13)19(24)17-7-4-15(10-18(17)21)14-2-5-16(20)6-3-14/h2-7,10,13,22H,8-9,11-12H2,1H3/t13-/m1/s1. The molecule has 1 fully saturated rings. The van der Waals surface area contributed by atoms with E-state index in [9.17, 15) is 9.18 Å². The van der Waals surface area contributed by atoms with Crippen LogP contribution in [0.25, 0.3) is 11.1 Å². The van der Waals surface area contributed by atoms with Crippen LogP contribution in [0.3, 0.4) is 0 Å². The molecule has 1 aliphatic rings. The molecular formula is C19H20ClFN2O. The second-order valence-electron chi connectivity index (χ2n) is 6.17. The third kappa shape index (κ3) is 3.60. The minimum atomic E-state index is -0.482. The highest BCUT2D eigenvalue weighted by atomic mass is 35.5. The number of hydrogen-bond acceptors (Lipinski definition) is 2. The van der Waals surface area contributed by atoms with E-state index in [4.69, 9.17) is 11.6 Å². The number of halogens is 2. The van der Waals surface area contributed by atoms with Crippen LogP contribution in [0.2, 0.25) is 5.02 Å². The second-order valence-corrected chi connectivity index (χ2v) is 6.60. The molecule has 5 heteroatoms. The molecule has 1 saturated heterocycles. The maximum Gasteiger partial charge on any atom is 0.256 e. The van der Waals surface area contributed by atoms with Gasteiger partial charge in [0.05, 0.1) is 5.56 Å². The van der Waals surface area contributed by atoms with Gasteiger partial charge in [0.25, 0.3) is 5.91 Å². The quantitative estimate of drug-likeness (QED) is 0.912. The van der Waals surface area contributed by atoms with Crippen LogP contribution in [0, 0.1) is 11.7 Å². The first kappa shape index (κ1) is 16.9. The lowest BCUT2D eigenvalue weighted by molar-refractivity contribution is 0.0782. The van der Waals surface area contributed by atoms with Gasteiger partial charge in [0.2, 0.25) is 0 Å². The minimum absolute atomic E-state index is 0.137. The van der Waals surface area contributed by atoms with Crippen LogP contribution in [0.4, 0.5) is 4.39 Å². The Kier molecular flexibility index (Phi) is 5.17. The molecule has 0 radical (unpaired) electrons. The third-order valence-corrected chi connectivity index (χ3v) is 4.69. The Balaban J connectivity index is 1.77. The van der Waals surface area contributed by atoms with Crippen molar-refractivity contribution in [2.24, 2.45) is 5.92 Å². The van der Waals surface area contributed by atoms with Crippen LogP contribution >= 0.6 is 11.6 Å². The number of amides is 1. The minimum Gasteiger partial charge on any atom is -0.338 e. The molecule has 3 nitrogen and oxygen atoms in total. The van der Waals surface area contributed by atoms with E-state index in [-0.39, 0.29) is 11.5 Å². The lowest BCUT2D eigenvalue weighted by Crippen LogP contribution is -2.30. The fraction of sp³-hybridized carbons (Fsp3) is 0.316. The molecular weight excluding hydrogens is 327 g/mol. The molecule has 0 aliphatic carbocycles. The van der Waals surface area contributed by atoms with Gasteiger partial charge >= 0.3 is 0 Å². The first-order valence-electron chi connectivity index (χ1n) is 8.08. The zero-order valence-corrected chi connectivity index (χ0v) is 14.3. The third-order valence-electron chi connectivity index (χ3n) is 4.44. The molecule has 1 aliphatic heterocycles. The number of benzene rings is 2. The largest absolute Gasteiger partial charge is 0.338 e. The van der Waals surface area contributed by atoms with E-state index in [1.807, 2.05) is 19.2 Å². The van der Waals surface area contributed by atoms with Crippen LogP contribution in [0.5, 0.6) is 0 Å². The summed E-state index contributed by atoms with van der Waals surface area (Å²) in [7, 11) is 1.90. The molecule has 3 rings (SSSR count). The topological polar surface area (TPSA) is 32.3 Å². The maximum atomic E-state index is 14.5. The van der Waals surface area contributed by atoms with Gasteiger partial charge in [-0.05, 0) is 61.3 Å². The second kappa shape index (κ2) is 7.32. The van der Waals surface area contributed by atoms with E-state index in [2.05, 4.69) is 5.32 Å². The fourth-order valence-corrected chi connectivity index (χ4v) is 3.28. The van der Waals surface area contributed by atoms with Gasteiger partial charge in [0.1, 0.15) is 5.82 Å². The molecule has 0 aromatic heterocycles. The van der Waals surface area contributed by atoms with E-state index in [0.717, 1.165) is 24.1 Å². The van der Waals surface area contributed by atoms with E-state index < -0.39 is 5.82 Å². The fourth-order valence-electron chi connectivity index (χ4n) is 3.15. The van der Waals surface area contributed by atoms with Crippen molar-refractivity contribution >= 4 is 17.5 Å². The molecule has 0 unspecified atom stereocenters. The SMILES string of the molecule is CNC[C@H]1CCN(C(=O)c2ccc(-c3ccc(Cl)cc3)cc2F)C1. The zero-order valence-electron chi connectivity index (χ0n) is 13.6. The van der Waals surface area contributed by atoms with Crippen LogP contribution in [0.1, 0.15) is 16.8 Å². The van der Waals surface area contributed by atoms with Crippen molar-refractivity contribution < 1.29 is 9.18 Å². The van der Waals surface area contributed by atoms with Crippen LogP contribution < -0.4 is 5.32 Å². The molecule has 1 heterocycles. The zero-order chi connectivity index (χ0) is 17.1. The van der Waals surface area contributed by atoms with Gasteiger partial charge in [0, 0.05) is 18.1 Å². The number of rotatable bonds is 4. The smallest absolute Gasteiger partial charge is 0.256 e. The van der Waals surface area contributed by atoms with Crippen LogP contribution in [0.15, 0.2) is 42.5 Å². The number of likely N-dealkylation sites (tertiary alicyclic amines) is 1. The van der Waals surface area contributed by atoms with E-state index in [1.165, 1.54) is 6.07 Å². The first-order chi connectivity index (χ1) is 11.6. The molecule has 0 bridgehead atoms. The molecule has 1 amide bonds. The van der Waals surface area contributed by atoms with Gasteiger partial charge in [-0.1, -0.05) is 29.8 Å². The highest BCUT2D eigenvalue weighted by molar-refractivity contribution is 6.30. The summed E-state index contributed by atoms with van der Waals surface area (Å²) < 4.78 is 14.5. The predicted octanol–water partition coefficient (Wildman–Crippen LogP) is 3.83. The van der Waals surface area contributed by atoms with Gasteiger partial charge in [-0.15, -0.1) is 0 Å². The van der Waals surface area contributed by atoms with E-state index in [0.29, 0.717) is 24.0 Å². The van der Waals surface area contributed by atoms with Crippen molar-refractivity contribution in [1.82, 2.24) is 10.2 Å². The molecule has 24 heavy (non-hydrogen) atoms. The Morgan fingerprint density at radius 3 is 2.62 bits per heavy atom. The molecule has 0 spiro atoms. The summed E-state index contributed by atoms with van der Waals surface area (Å²) in [6.07, 6.45) is 0.955. The summed E-state index contributed by atoms with van der Waals surface area (Å²) >= 11 is 5.88. The summed E-state index contributed by atoms with van der Waals surface area (Å²) in [5.74, 6) is -0.270. The van der Waals surface area contributed by atoms with Gasteiger partial charge in [-0.2, -0.15) is 0 Å². The molecule has 2 aromatic carbocycles. The summed E-state index contributed by atoms with van der Waals surface area (Å²) in [5.41, 5.74) is 1.74. The van der Waals surface area contributed by atoms with Crippen molar-refractivity contribution in [1.29, 1.82) is 0 Å². The summed E-state index contributed by atoms with van der Waals surface area (Å²) in [6.45, 7) is 2.24. The van der Waals surface area contributed by atoms with Crippen molar-refractivity contribution in [2.75, 3.05) is 26.7 Å². The van der Waals surface area contributed by atoms with Crippen molar-refractivity contribution in [3.8, 4) is 11.1 Å². The Bertz CT molecular complexity index is 733. The average Bonchev–Trinajstić information content (AvgIpc) is 3.04. The Morgan fingerprint density at radius 1 is 1.25 bits per heavy atom. The van der Waals surface area contributed by atoms with Crippen molar-refractivity contribution in [3.63, 3.8) is 0 Å². The van der Waals surface area contributed by atoms with Crippen molar-refractivity contribution in [3.05, 3.63) is 58.9 Å². The van der Waals surface area contributed by atoms with Gasteiger partial charge in [-0.3, -0.25) is 4.79 Å². The number of carbonyl (C=O) groups excluding carboxylic acids is 1. The normalized spacial score (nSPS) is 17.3. The summed E-state index contributed by atoms with van der Waals surface area (Å²) in [4.78, 5) is 14.3. The predicted molar refractivity (Wildman–Crippen MR) is 94.8 cm³/mol. The molecule has 1 atom stereocenters. The highest BCUT2D eigenvalue weighted by Gasteiger charge is 2.27. The van der Waals surface area contributed by atoms with Gasteiger partial charge in [0.15, 0.2) is 0 Å². The van der Waals surface area contributed by atoms with Gasteiger partial charge in [-0.25, -0.2) is 4.39 Å². The van der Waals surface area contributed by atoms with E-state index in [1.54, 1.807) is 29.2 Å². The summed E-state index contributed by atoms with van der Waals surface area (Å²) in [5, 5.41) is 3.76. The molecule has 1 N–H and O–H groups in total. The number of nitrogens with one attached hydrogen (secondary N) is 1. The Hall–Kier alpha value is -1.91. The van der Waals surface area contributed by atoms with E-state index >= 15 is 0 Å². The highest BCUT2D eigenvalue weighted by Crippen LogP contribution is 2.25. The Labute approximate surface area is 146 Å². The first-order valence-corrected chi connectivity index (χ1v) is 8.45. The Morgan fingerprint density at radius 2 is 1.96 bits per heavy atom. The number of hydrogen-bond donors (Lipinski definition) is 1. The molecule has 2 aromatic rings. The monoisotopic (exact) mass is 346 g/mol. The summed E-state index contributed by atoms with van der Waals surface area (Å²) in [6, 6.07) is 12.0. The molecule has 0 saturated carbocycles. The number of nitrogens with zero attached hydrogens (tertiary/aromatic N) is 1.